The van der Waals surface area contributed by atoms with Crippen molar-refractivity contribution in [2.75, 3.05) is 5.32 Å². The Bertz CT molecular complexity index is 407. The van der Waals surface area contributed by atoms with Gasteiger partial charge in [-0.05, 0) is 30.5 Å². The van der Waals surface area contributed by atoms with Crippen LogP contribution < -0.4 is 11.1 Å². The third-order valence-electron chi connectivity index (χ3n) is 2.28. The van der Waals surface area contributed by atoms with E-state index in [1.807, 2.05) is 13.8 Å². The molecule has 0 spiro atoms. The zero-order valence-electron chi connectivity index (χ0n) is 9.90. The number of carbonyl (C=O) groups is 1. The van der Waals surface area contributed by atoms with Gasteiger partial charge in [-0.25, -0.2) is 0 Å². The molecule has 94 valence electrons. The highest BCUT2D eigenvalue weighted by Crippen LogP contribution is 2.26. The van der Waals surface area contributed by atoms with Crippen LogP contribution in [-0.4, -0.2) is 17.1 Å². The number of nitrogens with two attached hydrogens (primary N) is 1. The first-order valence-electron chi connectivity index (χ1n) is 5.45. The number of anilines is 1. The summed E-state index contributed by atoms with van der Waals surface area (Å²) in [4.78, 5) is 11.7. The standard InChI is InChI=1S/C12H17ClN2O2/c1-7(2)5-10(14)12(17)15-8-3-4-11(16)9(13)6-8/h3-4,6-7,10,16H,5,14H2,1-2H3,(H,15,17). The van der Waals surface area contributed by atoms with Crippen molar-refractivity contribution in [2.24, 2.45) is 11.7 Å². The van der Waals surface area contributed by atoms with E-state index < -0.39 is 6.04 Å². The van der Waals surface area contributed by atoms with Crippen molar-refractivity contribution in [3.8, 4) is 5.75 Å². The first-order chi connectivity index (χ1) is 7.90. The van der Waals surface area contributed by atoms with Gasteiger partial charge in [-0.2, -0.15) is 0 Å². The molecule has 1 unspecified atom stereocenters. The van der Waals surface area contributed by atoms with Crippen LogP contribution in [0.15, 0.2) is 18.2 Å². The fourth-order valence-corrected chi connectivity index (χ4v) is 1.62. The van der Waals surface area contributed by atoms with Gasteiger partial charge in [-0.15, -0.1) is 0 Å². The molecular weight excluding hydrogens is 240 g/mol. The molecule has 17 heavy (non-hydrogen) atoms. The SMILES string of the molecule is CC(C)CC(N)C(=O)Nc1ccc(O)c(Cl)c1. The molecule has 5 heteroatoms. The number of hydrogen-bond acceptors (Lipinski definition) is 3. The molecule has 0 heterocycles. The van der Waals surface area contributed by atoms with Crippen LogP contribution in [0.4, 0.5) is 5.69 Å². The average Bonchev–Trinajstić information content (AvgIpc) is 2.22. The normalized spacial score (nSPS) is 12.5. The number of carbonyl (C=O) groups excluding carboxylic acids is 1. The maximum atomic E-state index is 11.7. The van der Waals surface area contributed by atoms with Crippen molar-refractivity contribution in [3.63, 3.8) is 0 Å². The number of aromatic hydroxyl groups is 1. The highest BCUT2D eigenvalue weighted by Gasteiger charge is 2.15. The number of nitrogens with one attached hydrogen (secondary N) is 1. The van der Waals surface area contributed by atoms with Crippen molar-refractivity contribution < 1.29 is 9.90 Å². The van der Waals surface area contributed by atoms with E-state index >= 15 is 0 Å². The first-order valence-corrected chi connectivity index (χ1v) is 5.83. The van der Waals surface area contributed by atoms with E-state index in [2.05, 4.69) is 5.32 Å². The van der Waals surface area contributed by atoms with E-state index in [0.29, 0.717) is 18.0 Å². The second-order valence-electron chi connectivity index (χ2n) is 4.39. The van der Waals surface area contributed by atoms with Gasteiger partial charge in [-0.3, -0.25) is 4.79 Å². The van der Waals surface area contributed by atoms with Gasteiger partial charge in [0, 0.05) is 5.69 Å². The molecule has 0 radical (unpaired) electrons. The minimum absolute atomic E-state index is 0.0175. The van der Waals surface area contributed by atoms with Crippen LogP contribution in [0.25, 0.3) is 0 Å². The third-order valence-corrected chi connectivity index (χ3v) is 2.58. The van der Waals surface area contributed by atoms with Crippen molar-refractivity contribution in [3.05, 3.63) is 23.2 Å². The molecule has 1 aromatic rings. The van der Waals surface area contributed by atoms with Gasteiger partial charge < -0.3 is 16.2 Å². The largest absolute Gasteiger partial charge is 0.506 e. The number of hydrogen-bond donors (Lipinski definition) is 3. The van der Waals surface area contributed by atoms with Crippen LogP contribution in [0.2, 0.25) is 5.02 Å². The summed E-state index contributed by atoms with van der Waals surface area (Å²) in [5.41, 5.74) is 6.26. The zero-order chi connectivity index (χ0) is 13.0. The monoisotopic (exact) mass is 256 g/mol. The van der Waals surface area contributed by atoms with E-state index in [1.54, 1.807) is 6.07 Å². The molecule has 1 rings (SSSR count). The summed E-state index contributed by atoms with van der Waals surface area (Å²) in [6, 6.07) is 3.94. The quantitative estimate of drug-likeness (QED) is 0.724. The van der Waals surface area contributed by atoms with Gasteiger partial charge in [0.1, 0.15) is 5.75 Å². The summed E-state index contributed by atoms with van der Waals surface area (Å²) in [6.07, 6.45) is 0.623. The van der Waals surface area contributed by atoms with E-state index in [9.17, 15) is 9.90 Å². The molecule has 0 aliphatic rings. The molecule has 0 aliphatic carbocycles. The van der Waals surface area contributed by atoms with Crippen molar-refractivity contribution >= 4 is 23.2 Å². The molecule has 0 fully saturated rings. The van der Waals surface area contributed by atoms with Crippen LogP contribution >= 0.6 is 11.6 Å². The molecule has 0 aliphatic heterocycles. The van der Waals surface area contributed by atoms with Gasteiger partial charge in [0.25, 0.3) is 0 Å². The van der Waals surface area contributed by atoms with E-state index in [1.165, 1.54) is 12.1 Å². The molecule has 4 N–H and O–H groups in total. The lowest BCUT2D eigenvalue weighted by molar-refractivity contribution is -0.117. The van der Waals surface area contributed by atoms with Gasteiger partial charge in [0.2, 0.25) is 5.91 Å². The lowest BCUT2D eigenvalue weighted by atomic mass is 10.0. The molecule has 1 amide bonds. The maximum absolute atomic E-state index is 11.7. The van der Waals surface area contributed by atoms with Crippen LogP contribution in [0.1, 0.15) is 20.3 Å². The Morgan fingerprint density at radius 3 is 2.71 bits per heavy atom. The van der Waals surface area contributed by atoms with Crippen LogP contribution in [0.5, 0.6) is 5.75 Å². The Morgan fingerprint density at radius 1 is 1.53 bits per heavy atom. The lowest BCUT2D eigenvalue weighted by Crippen LogP contribution is -2.36. The fourth-order valence-electron chi connectivity index (χ4n) is 1.43. The summed E-state index contributed by atoms with van der Waals surface area (Å²) >= 11 is 5.73. The smallest absolute Gasteiger partial charge is 0.241 e. The highest BCUT2D eigenvalue weighted by atomic mass is 35.5. The molecule has 0 bridgehead atoms. The topological polar surface area (TPSA) is 75.4 Å². The predicted molar refractivity (Wildman–Crippen MR) is 69.2 cm³/mol. The number of halogens is 1. The maximum Gasteiger partial charge on any atom is 0.241 e. The number of phenols is 1. The Balaban J connectivity index is 2.64. The highest BCUT2D eigenvalue weighted by molar-refractivity contribution is 6.32. The van der Waals surface area contributed by atoms with Gasteiger partial charge in [0.15, 0.2) is 0 Å². The summed E-state index contributed by atoms with van der Waals surface area (Å²) in [7, 11) is 0. The number of amides is 1. The summed E-state index contributed by atoms with van der Waals surface area (Å²) < 4.78 is 0. The Hall–Kier alpha value is -1.26. The molecule has 0 saturated heterocycles. The molecule has 1 aromatic carbocycles. The Labute approximate surface area is 106 Å². The molecular formula is C12H17ClN2O2. The van der Waals surface area contributed by atoms with E-state index in [-0.39, 0.29) is 16.7 Å². The minimum Gasteiger partial charge on any atom is -0.506 e. The Morgan fingerprint density at radius 2 is 2.18 bits per heavy atom. The predicted octanol–water partition coefficient (Wildman–Crippen LogP) is 2.36. The van der Waals surface area contributed by atoms with Crippen LogP contribution in [0.3, 0.4) is 0 Å². The molecule has 0 saturated carbocycles. The third kappa shape index (κ3) is 4.24. The molecule has 0 aromatic heterocycles. The van der Waals surface area contributed by atoms with E-state index in [4.69, 9.17) is 17.3 Å². The van der Waals surface area contributed by atoms with Gasteiger partial charge >= 0.3 is 0 Å². The number of benzene rings is 1. The molecule has 4 nitrogen and oxygen atoms in total. The molecule has 1 atom stereocenters. The summed E-state index contributed by atoms with van der Waals surface area (Å²) in [6.45, 7) is 4.01. The van der Waals surface area contributed by atoms with Crippen LogP contribution in [0, 0.1) is 5.92 Å². The van der Waals surface area contributed by atoms with Crippen molar-refractivity contribution in [1.82, 2.24) is 0 Å². The lowest BCUT2D eigenvalue weighted by Gasteiger charge is -2.14. The van der Waals surface area contributed by atoms with Gasteiger partial charge in [-0.1, -0.05) is 25.4 Å². The van der Waals surface area contributed by atoms with Crippen molar-refractivity contribution in [1.29, 1.82) is 0 Å². The second kappa shape index (κ2) is 5.89. The summed E-state index contributed by atoms with van der Waals surface area (Å²) in [5, 5.41) is 12.1. The van der Waals surface area contributed by atoms with Gasteiger partial charge in [0.05, 0.1) is 11.1 Å². The van der Waals surface area contributed by atoms with Crippen LogP contribution in [-0.2, 0) is 4.79 Å². The summed E-state index contributed by atoms with van der Waals surface area (Å²) in [5.74, 6) is 0.0933. The zero-order valence-corrected chi connectivity index (χ0v) is 10.7. The minimum atomic E-state index is -0.539. The van der Waals surface area contributed by atoms with E-state index in [0.717, 1.165) is 0 Å². The average molecular weight is 257 g/mol. The fraction of sp³-hybridized carbons (Fsp3) is 0.417. The van der Waals surface area contributed by atoms with Crippen molar-refractivity contribution in [2.45, 2.75) is 26.3 Å². The second-order valence-corrected chi connectivity index (χ2v) is 4.80. The number of phenolic OH excluding ortho intramolecular Hbond substituents is 1. The Kier molecular flexibility index (Phi) is 4.78. The first kappa shape index (κ1) is 13.8. The number of rotatable bonds is 4.